The second kappa shape index (κ2) is 5.79. The first-order valence-corrected chi connectivity index (χ1v) is 8.95. The van der Waals surface area contributed by atoms with Gasteiger partial charge in [-0.05, 0) is 50.7 Å². The number of carbonyl (C=O) groups is 1. The van der Waals surface area contributed by atoms with Crippen LogP contribution < -0.4 is 16.1 Å². The molecule has 2 fully saturated rings. The molecule has 1 aromatic carbocycles. The van der Waals surface area contributed by atoms with Gasteiger partial charge in [-0.2, -0.15) is 0 Å². The standard InChI is InChI=1S/C19H23N3O3/c1-11-16-13(9-15(20)17(11)21-7-3-2-4-8-21)18(23)14(19(24)25)10-22(16)12-5-6-12/h9-10,12H,2-8,20H2,1H3,(H,24,25). The first kappa shape index (κ1) is 16.0. The monoisotopic (exact) mass is 341 g/mol. The van der Waals surface area contributed by atoms with E-state index in [0.717, 1.165) is 55.5 Å². The Hall–Kier alpha value is -2.50. The summed E-state index contributed by atoms with van der Waals surface area (Å²) in [6, 6.07) is 1.96. The van der Waals surface area contributed by atoms with E-state index in [0.29, 0.717) is 11.1 Å². The van der Waals surface area contributed by atoms with Gasteiger partial charge in [-0.15, -0.1) is 0 Å². The van der Waals surface area contributed by atoms with Gasteiger partial charge in [-0.3, -0.25) is 4.79 Å². The molecule has 0 amide bonds. The van der Waals surface area contributed by atoms with Crippen LogP contribution in [0.15, 0.2) is 17.1 Å². The molecule has 2 heterocycles. The number of carboxylic acids is 1. The molecule has 1 saturated heterocycles. The van der Waals surface area contributed by atoms with E-state index < -0.39 is 11.4 Å². The van der Waals surface area contributed by atoms with Crippen molar-refractivity contribution in [1.82, 2.24) is 4.57 Å². The smallest absolute Gasteiger partial charge is 0.341 e. The number of nitrogens with zero attached hydrogens (tertiary/aromatic N) is 2. The van der Waals surface area contributed by atoms with Crippen LogP contribution in [-0.2, 0) is 0 Å². The van der Waals surface area contributed by atoms with Crippen molar-refractivity contribution in [2.75, 3.05) is 23.7 Å². The maximum atomic E-state index is 12.7. The lowest BCUT2D eigenvalue weighted by atomic mass is 10.0. The van der Waals surface area contributed by atoms with E-state index in [1.807, 2.05) is 11.5 Å². The SMILES string of the molecule is Cc1c(N2CCCCC2)c(N)cc2c(=O)c(C(=O)O)cn(C3CC3)c12. The molecule has 25 heavy (non-hydrogen) atoms. The maximum absolute atomic E-state index is 12.7. The molecule has 1 saturated carbocycles. The number of anilines is 2. The van der Waals surface area contributed by atoms with Gasteiger partial charge in [0.15, 0.2) is 0 Å². The zero-order chi connectivity index (χ0) is 17.7. The van der Waals surface area contributed by atoms with E-state index >= 15 is 0 Å². The number of hydrogen-bond donors (Lipinski definition) is 2. The zero-order valence-corrected chi connectivity index (χ0v) is 14.4. The molecule has 0 unspecified atom stereocenters. The summed E-state index contributed by atoms with van der Waals surface area (Å²) < 4.78 is 1.99. The Bertz CT molecular complexity index is 922. The van der Waals surface area contributed by atoms with Crippen LogP contribution in [0.4, 0.5) is 11.4 Å². The molecule has 132 valence electrons. The number of pyridine rings is 1. The molecule has 6 heteroatoms. The van der Waals surface area contributed by atoms with Crippen molar-refractivity contribution < 1.29 is 9.90 Å². The summed E-state index contributed by atoms with van der Waals surface area (Å²) in [5.41, 5.74) is 9.09. The highest BCUT2D eigenvalue weighted by molar-refractivity contribution is 5.98. The minimum atomic E-state index is -1.18. The van der Waals surface area contributed by atoms with Crippen LogP contribution in [0.25, 0.3) is 10.9 Å². The fourth-order valence-electron chi connectivity index (χ4n) is 4.07. The molecule has 0 spiro atoms. The largest absolute Gasteiger partial charge is 0.477 e. The number of aryl methyl sites for hydroxylation is 1. The van der Waals surface area contributed by atoms with Crippen LogP contribution in [0.2, 0.25) is 0 Å². The summed E-state index contributed by atoms with van der Waals surface area (Å²) in [4.78, 5) is 26.5. The molecule has 0 bridgehead atoms. The molecule has 0 radical (unpaired) electrons. The topological polar surface area (TPSA) is 88.6 Å². The summed E-state index contributed by atoms with van der Waals surface area (Å²) >= 11 is 0. The van der Waals surface area contributed by atoms with E-state index in [9.17, 15) is 14.7 Å². The summed E-state index contributed by atoms with van der Waals surface area (Å²) in [5.74, 6) is -1.18. The lowest BCUT2D eigenvalue weighted by molar-refractivity contribution is 0.0695. The predicted octanol–water partition coefficient (Wildman–Crippen LogP) is 2.92. The summed E-state index contributed by atoms with van der Waals surface area (Å²) in [5, 5.41) is 9.82. The lowest BCUT2D eigenvalue weighted by Crippen LogP contribution is -2.31. The minimum Gasteiger partial charge on any atom is -0.477 e. The van der Waals surface area contributed by atoms with Crippen molar-refractivity contribution in [3.8, 4) is 0 Å². The second-order valence-electron chi connectivity index (χ2n) is 7.20. The average molecular weight is 341 g/mol. The number of carboxylic acid groups (broad SMARTS) is 1. The van der Waals surface area contributed by atoms with Gasteiger partial charge in [0.25, 0.3) is 0 Å². The fraction of sp³-hybridized carbons (Fsp3) is 0.474. The molecule has 3 N–H and O–H groups in total. The molecule has 1 aromatic heterocycles. The number of nitrogens with two attached hydrogens (primary N) is 1. The normalized spacial score (nSPS) is 17.9. The molecule has 1 aliphatic heterocycles. The fourth-order valence-corrected chi connectivity index (χ4v) is 4.07. The van der Waals surface area contributed by atoms with Crippen LogP contribution in [0.3, 0.4) is 0 Å². The van der Waals surface area contributed by atoms with Gasteiger partial charge in [0.1, 0.15) is 5.56 Å². The second-order valence-corrected chi connectivity index (χ2v) is 7.20. The highest BCUT2D eigenvalue weighted by Gasteiger charge is 2.29. The van der Waals surface area contributed by atoms with Gasteiger partial charge in [-0.25, -0.2) is 4.79 Å². The van der Waals surface area contributed by atoms with Crippen LogP contribution in [0.5, 0.6) is 0 Å². The van der Waals surface area contributed by atoms with Crippen LogP contribution in [0, 0.1) is 6.92 Å². The minimum absolute atomic E-state index is 0.177. The van der Waals surface area contributed by atoms with Crippen molar-refractivity contribution in [1.29, 1.82) is 0 Å². The van der Waals surface area contributed by atoms with Crippen molar-refractivity contribution >= 4 is 28.2 Å². The first-order chi connectivity index (χ1) is 12.0. The molecule has 2 aliphatic rings. The Labute approximate surface area is 145 Å². The lowest BCUT2D eigenvalue weighted by Gasteiger charge is -2.32. The Morgan fingerprint density at radius 2 is 1.92 bits per heavy atom. The Morgan fingerprint density at radius 1 is 1.24 bits per heavy atom. The number of rotatable bonds is 3. The van der Waals surface area contributed by atoms with Gasteiger partial charge in [0.05, 0.1) is 16.9 Å². The van der Waals surface area contributed by atoms with Gasteiger partial charge in [-0.1, -0.05) is 0 Å². The number of nitrogen functional groups attached to an aromatic ring is 1. The molecule has 4 rings (SSSR count). The number of piperidine rings is 1. The summed E-state index contributed by atoms with van der Waals surface area (Å²) in [6.45, 7) is 3.94. The third kappa shape index (κ3) is 2.56. The van der Waals surface area contributed by atoms with Crippen LogP contribution in [-0.4, -0.2) is 28.7 Å². The number of fused-ring (bicyclic) bond motifs is 1. The van der Waals surface area contributed by atoms with Crippen molar-refractivity contribution in [3.05, 3.63) is 33.6 Å². The first-order valence-electron chi connectivity index (χ1n) is 8.95. The van der Waals surface area contributed by atoms with E-state index in [1.54, 1.807) is 6.07 Å². The Morgan fingerprint density at radius 3 is 2.52 bits per heavy atom. The third-order valence-electron chi connectivity index (χ3n) is 5.40. The molecular weight excluding hydrogens is 318 g/mol. The van der Waals surface area contributed by atoms with Gasteiger partial charge in [0.2, 0.25) is 5.43 Å². The predicted molar refractivity (Wildman–Crippen MR) is 98.7 cm³/mol. The van der Waals surface area contributed by atoms with Gasteiger partial charge >= 0.3 is 5.97 Å². The quantitative estimate of drug-likeness (QED) is 0.838. The van der Waals surface area contributed by atoms with Crippen molar-refractivity contribution in [2.24, 2.45) is 0 Å². The van der Waals surface area contributed by atoms with Crippen molar-refractivity contribution in [2.45, 2.75) is 45.1 Å². The van der Waals surface area contributed by atoms with E-state index in [4.69, 9.17) is 5.73 Å². The number of aromatic nitrogens is 1. The summed E-state index contributed by atoms with van der Waals surface area (Å²) in [7, 11) is 0. The molecule has 0 atom stereocenters. The van der Waals surface area contributed by atoms with E-state index in [2.05, 4.69) is 4.90 Å². The zero-order valence-electron chi connectivity index (χ0n) is 14.4. The maximum Gasteiger partial charge on any atom is 0.341 e. The molecule has 1 aliphatic carbocycles. The summed E-state index contributed by atoms with van der Waals surface area (Å²) in [6.07, 6.45) is 7.07. The molecule has 6 nitrogen and oxygen atoms in total. The van der Waals surface area contributed by atoms with Gasteiger partial charge < -0.3 is 20.3 Å². The third-order valence-corrected chi connectivity index (χ3v) is 5.40. The van der Waals surface area contributed by atoms with Crippen LogP contribution >= 0.6 is 0 Å². The molecule has 2 aromatic rings. The number of benzene rings is 1. The highest BCUT2D eigenvalue weighted by atomic mass is 16.4. The average Bonchev–Trinajstić information content (AvgIpc) is 3.41. The Balaban J connectivity index is 2.02. The van der Waals surface area contributed by atoms with Crippen LogP contribution in [0.1, 0.15) is 54.1 Å². The number of hydrogen-bond acceptors (Lipinski definition) is 4. The number of aromatic carboxylic acids is 1. The van der Waals surface area contributed by atoms with E-state index in [1.165, 1.54) is 12.6 Å². The highest BCUT2D eigenvalue weighted by Crippen LogP contribution is 2.41. The Kier molecular flexibility index (Phi) is 3.71. The van der Waals surface area contributed by atoms with E-state index in [-0.39, 0.29) is 11.6 Å². The molecular formula is C19H23N3O3. The van der Waals surface area contributed by atoms with Gasteiger partial charge in [0, 0.05) is 30.7 Å². The van der Waals surface area contributed by atoms with Crippen molar-refractivity contribution in [3.63, 3.8) is 0 Å².